The molecular weight excluding hydrogens is 612 g/mol. The SMILES string of the molecule is CCCCOc1ccc(C(O)=C2C(=O)C(=O)N(c3nnc(SCc4ccccc4Cl)s3)[C@H]2c2ccc([N+](=O)[O-])cc2)cc1. The number of hydrogen-bond acceptors (Lipinski definition) is 10. The van der Waals surface area contributed by atoms with Gasteiger partial charge < -0.3 is 9.84 Å². The average molecular weight is 637 g/mol. The summed E-state index contributed by atoms with van der Waals surface area (Å²) in [5, 5.41) is 31.8. The van der Waals surface area contributed by atoms with Crippen LogP contribution in [0.25, 0.3) is 5.76 Å². The van der Waals surface area contributed by atoms with Crippen LogP contribution in [0.2, 0.25) is 5.02 Å². The molecule has 0 radical (unpaired) electrons. The number of hydrogen-bond donors (Lipinski definition) is 1. The van der Waals surface area contributed by atoms with Crippen LogP contribution in [0.1, 0.15) is 42.5 Å². The number of ketones is 1. The third-order valence-corrected chi connectivity index (χ3v) is 9.14. The third kappa shape index (κ3) is 6.56. The third-order valence-electron chi connectivity index (χ3n) is 6.67. The molecule has 1 saturated heterocycles. The molecule has 10 nitrogen and oxygen atoms in total. The Morgan fingerprint density at radius 2 is 1.81 bits per heavy atom. The second-order valence-electron chi connectivity index (χ2n) is 9.47. The molecule has 0 unspecified atom stereocenters. The summed E-state index contributed by atoms with van der Waals surface area (Å²) in [7, 11) is 0. The Morgan fingerprint density at radius 3 is 2.49 bits per heavy atom. The normalized spacial score (nSPS) is 16.0. The van der Waals surface area contributed by atoms with Gasteiger partial charge in [-0.05, 0) is 60.0 Å². The molecule has 220 valence electrons. The van der Waals surface area contributed by atoms with Gasteiger partial charge in [0, 0.05) is 28.5 Å². The van der Waals surface area contributed by atoms with Crippen LogP contribution < -0.4 is 9.64 Å². The predicted molar refractivity (Wildman–Crippen MR) is 166 cm³/mol. The molecule has 1 aliphatic rings. The number of benzene rings is 3. The van der Waals surface area contributed by atoms with E-state index in [1.807, 2.05) is 18.2 Å². The number of ether oxygens (including phenoxy) is 1. The molecule has 4 aromatic rings. The average Bonchev–Trinajstić information content (AvgIpc) is 3.58. The van der Waals surface area contributed by atoms with Crippen molar-refractivity contribution in [1.82, 2.24) is 10.2 Å². The number of nitro groups is 1. The summed E-state index contributed by atoms with van der Waals surface area (Å²) < 4.78 is 6.23. The van der Waals surface area contributed by atoms with E-state index in [1.165, 1.54) is 40.9 Å². The summed E-state index contributed by atoms with van der Waals surface area (Å²) in [5.41, 5.74) is 1.26. The number of carbonyl (C=O) groups excluding carboxylic acids is 2. The van der Waals surface area contributed by atoms with E-state index in [4.69, 9.17) is 16.3 Å². The Balaban J connectivity index is 1.51. The molecule has 1 N–H and O–H groups in total. The van der Waals surface area contributed by atoms with Crippen molar-refractivity contribution < 1.29 is 24.4 Å². The number of aromatic nitrogens is 2. The van der Waals surface area contributed by atoms with Gasteiger partial charge in [0.1, 0.15) is 11.5 Å². The standard InChI is InChI=1S/C30H25ClN4O6S2/c1-2-3-16-41-22-14-10-19(11-15-22)26(36)24-25(18-8-12-21(13-9-18)35(39)40)34(28(38)27(24)37)29-32-33-30(43-29)42-17-20-6-4-5-7-23(20)31/h4-15,25,36H,2-3,16-17H2,1H3/t25-/m0/s1. The molecule has 0 aliphatic carbocycles. The van der Waals surface area contributed by atoms with Gasteiger partial charge in [-0.25, -0.2) is 0 Å². The number of carbonyl (C=O) groups is 2. The van der Waals surface area contributed by atoms with Gasteiger partial charge in [0.25, 0.3) is 11.5 Å². The maximum absolute atomic E-state index is 13.5. The fraction of sp³-hybridized carbons (Fsp3) is 0.200. The summed E-state index contributed by atoms with van der Waals surface area (Å²) in [4.78, 5) is 38.8. The Labute approximate surface area is 260 Å². The highest BCUT2D eigenvalue weighted by Crippen LogP contribution is 2.44. The van der Waals surface area contributed by atoms with E-state index in [9.17, 15) is 24.8 Å². The van der Waals surface area contributed by atoms with E-state index in [-0.39, 0.29) is 22.2 Å². The topological polar surface area (TPSA) is 136 Å². The van der Waals surface area contributed by atoms with E-state index in [0.29, 0.717) is 38.6 Å². The number of nitrogens with zero attached hydrogens (tertiary/aromatic N) is 4. The van der Waals surface area contributed by atoms with Crippen LogP contribution >= 0.6 is 34.7 Å². The molecular formula is C30H25ClN4O6S2. The zero-order chi connectivity index (χ0) is 30.5. The number of nitro benzene ring substituents is 1. The van der Waals surface area contributed by atoms with Gasteiger partial charge in [0.05, 0.1) is 23.1 Å². The molecule has 0 bridgehead atoms. The second-order valence-corrected chi connectivity index (χ2v) is 12.1. The molecule has 2 heterocycles. The molecule has 1 amide bonds. The van der Waals surface area contributed by atoms with Gasteiger partial charge in [0.2, 0.25) is 5.13 Å². The van der Waals surface area contributed by atoms with E-state index in [2.05, 4.69) is 17.1 Å². The first kappa shape index (κ1) is 30.2. The highest BCUT2D eigenvalue weighted by atomic mass is 35.5. The minimum absolute atomic E-state index is 0.144. The lowest BCUT2D eigenvalue weighted by atomic mass is 9.95. The van der Waals surface area contributed by atoms with Crippen LogP contribution in [0.5, 0.6) is 5.75 Å². The maximum Gasteiger partial charge on any atom is 0.301 e. The van der Waals surface area contributed by atoms with Crippen molar-refractivity contribution in [3.05, 3.63) is 110 Å². The molecule has 1 atom stereocenters. The number of non-ortho nitro benzene ring substituents is 1. The molecule has 13 heteroatoms. The Kier molecular flexibility index (Phi) is 9.39. The first-order chi connectivity index (χ1) is 20.8. The number of unbranched alkanes of at least 4 members (excludes halogenated alkanes) is 1. The van der Waals surface area contributed by atoms with Crippen molar-refractivity contribution in [3.8, 4) is 5.75 Å². The maximum atomic E-state index is 13.5. The lowest BCUT2D eigenvalue weighted by Gasteiger charge is -2.22. The summed E-state index contributed by atoms with van der Waals surface area (Å²) >= 11 is 8.75. The zero-order valence-electron chi connectivity index (χ0n) is 22.8. The number of halogens is 1. The molecule has 3 aromatic carbocycles. The van der Waals surface area contributed by atoms with Crippen molar-refractivity contribution in [2.75, 3.05) is 11.5 Å². The summed E-state index contributed by atoms with van der Waals surface area (Å²) in [5.74, 6) is -1.08. The minimum Gasteiger partial charge on any atom is -0.507 e. The summed E-state index contributed by atoms with van der Waals surface area (Å²) in [6.07, 6.45) is 1.88. The number of thioether (sulfide) groups is 1. The summed E-state index contributed by atoms with van der Waals surface area (Å²) in [6.45, 7) is 2.61. The quantitative estimate of drug-likeness (QED) is 0.0265. The van der Waals surface area contributed by atoms with Gasteiger partial charge in [-0.1, -0.05) is 66.2 Å². The largest absolute Gasteiger partial charge is 0.507 e. The first-order valence-corrected chi connectivity index (χ1v) is 15.4. The van der Waals surface area contributed by atoms with Crippen molar-refractivity contribution in [1.29, 1.82) is 0 Å². The van der Waals surface area contributed by atoms with E-state index in [1.54, 1.807) is 30.3 Å². The number of anilines is 1. The lowest BCUT2D eigenvalue weighted by molar-refractivity contribution is -0.384. The fourth-order valence-electron chi connectivity index (χ4n) is 4.44. The van der Waals surface area contributed by atoms with E-state index >= 15 is 0 Å². The summed E-state index contributed by atoms with van der Waals surface area (Å²) in [6, 6.07) is 18.3. The zero-order valence-corrected chi connectivity index (χ0v) is 25.2. The minimum atomic E-state index is -1.10. The van der Waals surface area contributed by atoms with Gasteiger partial charge in [-0.2, -0.15) is 0 Å². The van der Waals surface area contributed by atoms with E-state index in [0.717, 1.165) is 29.7 Å². The molecule has 1 aromatic heterocycles. The highest BCUT2D eigenvalue weighted by molar-refractivity contribution is 8.00. The van der Waals surface area contributed by atoms with Crippen LogP contribution in [0.15, 0.2) is 82.7 Å². The molecule has 0 spiro atoms. The molecule has 5 rings (SSSR count). The smallest absolute Gasteiger partial charge is 0.301 e. The van der Waals surface area contributed by atoms with Crippen molar-refractivity contribution in [2.45, 2.75) is 35.9 Å². The van der Waals surface area contributed by atoms with Crippen molar-refractivity contribution in [2.24, 2.45) is 0 Å². The Morgan fingerprint density at radius 1 is 1.09 bits per heavy atom. The molecule has 0 saturated carbocycles. The van der Waals surface area contributed by atoms with Gasteiger partial charge in [-0.15, -0.1) is 10.2 Å². The van der Waals surface area contributed by atoms with Gasteiger partial charge in [0.15, 0.2) is 4.34 Å². The van der Waals surface area contributed by atoms with Crippen LogP contribution in [0.4, 0.5) is 10.8 Å². The Bertz CT molecular complexity index is 1690. The molecule has 1 fully saturated rings. The monoisotopic (exact) mass is 636 g/mol. The van der Waals surface area contributed by atoms with Gasteiger partial charge in [-0.3, -0.25) is 24.6 Å². The van der Waals surface area contributed by atoms with Crippen molar-refractivity contribution in [3.63, 3.8) is 0 Å². The first-order valence-electron chi connectivity index (χ1n) is 13.3. The number of aliphatic hydroxyl groups is 1. The predicted octanol–water partition coefficient (Wildman–Crippen LogP) is 7.20. The molecule has 43 heavy (non-hydrogen) atoms. The number of amides is 1. The highest BCUT2D eigenvalue weighted by Gasteiger charge is 2.48. The molecule has 1 aliphatic heterocycles. The number of rotatable bonds is 11. The van der Waals surface area contributed by atoms with Crippen LogP contribution in [-0.2, 0) is 15.3 Å². The fourth-order valence-corrected chi connectivity index (χ4v) is 6.59. The van der Waals surface area contributed by atoms with Crippen LogP contribution in [0, 0.1) is 10.1 Å². The van der Waals surface area contributed by atoms with Crippen LogP contribution in [-0.4, -0.2) is 38.5 Å². The number of aliphatic hydroxyl groups excluding tert-OH is 1. The van der Waals surface area contributed by atoms with Crippen molar-refractivity contribution >= 4 is 63.0 Å². The van der Waals surface area contributed by atoms with Gasteiger partial charge >= 0.3 is 5.91 Å². The number of Topliss-reactive ketones (excluding diaryl/α,β-unsaturated/α-hetero) is 1. The second kappa shape index (κ2) is 13.4. The lowest BCUT2D eigenvalue weighted by Crippen LogP contribution is -2.29. The van der Waals surface area contributed by atoms with E-state index < -0.39 is 22.7 Å². The Hall–Kier alpha value is -4.26. The van der Waals surface area contributed by atoms with Crippen LogP contribution in [0.3, 0.4) is 0 Å².